The van der Waals surface area contributed by atoms with E-state index in [1.54, 1.807) is 18.3 Å². The third-order valence-electron chi connectivity index (χ3n) is 11.1. The van der Waals surface area contributed by atoms with Crippen LogP contribution >= 0.6 is 0 Å². The highest BCUT2D eigenvalue weighted by atomic mass is 16.5. The molecule has 1 aliphatic heterocycles. The van der Waals surface area contributed by atoms with Gasteiger partial charge in [-0.3, -0.25) is 9.59 Å². The van der Waals surface area contributed by atoms with Gasteiger partial charge in [0, 0.05) is 37.4 Å². The largest absolute Gasteiger partial charge is 0.504 e. The minimum Gasteiger partial charge on any atom is -0.504 e. The van der Waals surface area contributed by atoms with Crippen LogP contribution in [0.3, 0.4) is 0 Å². The molecule has 7 unspecified atom stereocenters. The average molecular weight is 674 g/mol. The van der Waals surface area contributed by atoms with Gasteiger partial charge < -0.3 is 31.1 Å². The number of carbonyl (C=O) groups is 2. The smallest absolute Gasteiger partial charge is 0.160 e. The maximum Gasteiger partial charge on any atom is 0.160 e. The number of methoxy groups -OCH3 is 1. The van der Waals surface area contributed by atoms with Gasteiger partial charge in [-0.1, -0.05) is 31.6 Å². The van der Waals surface area contributed by atoms with E-state index in [1.165, 1.54) is 7.11 Å². The van der Waals surface area contributed by atoms with Crippen LogP contribution in [-0.4, -0.2) is 63.8 Å². The summed E-state index contributed by atoms with van der Waals surface area (Å²) in [5, 5.41) is 36.6. The second-order valence-corrected chi connectivity index (χ2v) is 14.5. The number of carbonyl (C=O) groups excluding carboxylic acids is 2. The van der Waals surface area contributed by atoms with Crippen molar-refractivity contribution in [2.75, 3.05) is 19.4 Å². The molecule has 2 fully saturated rings. The van der Waals surface area contributed by atoms with Crippen LogP contribution in [-0.2, 0) is 28.9 Å². The molecule has 0 radical (unpaired) electrons. The van der Waals surface area contributed by atoms with E-state index in [1.807, 2.05) is 6.07 Å². The quantitative estimate of drug-likeness (QED) is 0.134. The number of aliphatic hydroxyl groups is 2. The van der Waals surface area contributed by atoms with Gasteiger partial charge in [0.2, 0.25) is 0 Å². The predicted octanol–water partition coefficient (Wildman–Crippen LogP) is 5.20. The molecular formula is C40H55N3O6. The van der Waals surface area contributed by atoms with E-state index in [2.05, 4.69) is 29.1 Å². The van der Waals surface area contributed by atoms with Gasteiger partial charge in [0.05, 0.1) is 19.3 Å². The first-order valence-electron chi connectivity index (χ1n) is 18.4. The highest BCUT2D eigenvalue weighted by molar-refractivity contribution is 5.85. The van der Waals surface area contributed by atoms with Gasteiger partial charge in [-0.05, 0) is 123 Å². The van der Waals surface area contributed by atoms with Gasteiger partial charge in [-0.2, -0.15) is 0 Å². The second-order valence-electron chi connectivity index (χ2n) is 14.5. The number of nitrogens with two attached hydrogens (primary N) is 1. The van der Waals surface area contributed by atoms with E-state index in [4.69, 9.17) is 10.5 Å². The van der Waals surface area contributed by atoms with Gasteiger partial charge in [0.1, 0.15) is 17.5 Å². The number of pyridine rings is 1. The van der Waals surface area contributed by atoms with E-state index in [0.29, 0.717) is 86.6 Å². The number of aryl methyl sites for hydroxylation is 3. The van der Waals surface area contributed by atoms with E-state index < -0.39 is 18.1 Å². The van der Waals surface area contributed by atoms with Crippen molar-refractivity contribution in [2.45, 2.75) is 127 Å². The number of unbranched alkanes of at least 4 members (excludes halogenated alkanes) is 1. The summed E-state index contributed by atoms with van der Waals surface area (Å²) in [6.07, 6.45) is 11.1. The fourth-order valence-corrected chi connectivity index (χ4v) is 8.14. The van der Waals surface area contributed by atoms with Gasteiger partial charge in [-0.25, -0.2) is 4.98 Å². The Morgan fingerprint density at radius 1 is 1.04 bits per heavy atom. The molecule has 1 aromatic heterocycles. The first-order chi connectivity index (χ1) is 23.6. The number of anilines is 1. The van der Waals surface area contributed by atoms with E-state index in [-0.39, 0.29) is 23.9 Å². The Balaban J connectivity index is 1.21. The molecule has 2 aliphatic carbocycles. The van der Waals surface area contributed by atoms with Crippen molar-refractivity contribution in [1.82, 2.24) is 10.3 Å². The third kappa shape index (κ3) is 9.84. The molecule has 0 bridgehead atoms. The Morgan fingerprint density at radius 3 is 2.67 bits per heavy atom. The van der Waals surface area contributed by atoms with Crippen molar-refractivity contribution in [3.05, 3.63) is 46.6 Å². The summed E-state index contributed by atoms with van der Waals surface area (Å²) in [4.78, 5) is 29.5. The highest BCUT2D eigenvalue weighted by Crippen LogP contribution is 2.37. The summed E-state index contributed by atoms with van der Waals surface area (Å²) in [5.74, 6) is 7.69. The lowest BCUT2D eigenvalue weighted by atomic mass is 9.74. The number of benzene rings is 1. The average Bonchev–Trinajstić information content (AvgIpc) is 3.15. The number of hydrogen-bond acceptors (Lipinski definition) is 9. The molecule has 266 valence electrons. The lowest BCUT2D eigenvalue weighted by Crippen LogP contribution is -2.48. The summed E-state index contributed by atoms with van der Waals surface area (Å²) in [6, 6.07) is 5.69. The molecule has 9 heteroatoms. The minimum atomic E-state index is -0.853. The fraction of sp³-hybridized carbons (Fsp3) is 0.625. The number of aromatic nitrogens is 1. The van der Waals surface area contributed by atoms with Crippen molar-refractivity contribution in [3.8, 4) is 23.3 Å². The second kappa shape index (κ2) is 17.5. The summed E-state index contributed by atoms with van der Waals surface area (Å²) >= 11 is 0. The summed E-state index contributed by atoms with van der Waals surface area (Å²) in [5.41, 5.74) is 9.86. The van der Waals surface area contributed by atoms with Crippen LogP contribution in [0.5, 0.6) is 11.5 Å². The number of phenolic OH excluding ortho intramolecular Hbond substituents is 1. The van der Waals surface area contributed by atoms with Gasteiger partial charge in [0.15, 0.2) is 17.3 Å². The van der Waals surface area contributed by atoms with Gasteiger partial charge >= 0.3 is 0 Å². The number of aliphatic hydroxyl groups excluding tert-OH is 2. The molecule has 6 N–H and O–H groups in total. The van der Waals surface area contributed by atoms with Crippen molar-refractivity contribution in [2.24, 2.45) is 17.8 Å². The number of ether oxygens (including phenoxy) is 1. The Hall–Kier alpha value is -3.45. The molecule has 1 saturated carbocycles. The predicted molar refractivity (Wildman–Crippen MR) is 190 cm³/mol. The Kier molecular flexibility index (Phi) is 13.1. The molecule has 9 nitrogen and oxygen atoms in total. The van der Waals surface area contributed by atoms with E-state index in [0.717, 1.165) is 67.3 Å². The normalized spacial score (nSPS) is 25.1. The number of aromatic hydroxyl groups is 1. The number of fused-ring (bicyclic) bond motifs is 2. The number of nitrogen functional groups attached to an aromatic ring is 1. The molecule has 2 heterocycles. The zero-order valence-corrected chi connectivity index (χ0v) is 29.3. The molecule has 1 aromatic carbocycles. The third-order valence-corrected chi connectivity index (χ3v) is 11.1. The number of phenols is 1. The van der Waals surface area contributed by atoms with Crippen molar-refractivity contribution in [3.63, 3.8) is 0 Å². The molecule has 2 aromatic rings. The number of nitrogens with one attached hydrogen (secondary N) is 1. The molecule has 0 amide bonds. The molecule has 7 atom stereocenters. The van der Waals surface area contributed by atoms with Gasteiger partial charge in [0.25, 0.3) is 0 Å². The SMILES string of the molecule is CCc1cnc(N)cc1CCC(O)CCC1C#CC(C(O)CCCCC2CNC3CC(=O)CCC3C2)C(=O)CCc2cc(OC)c(O)cc21. The van der Waals surface area contributed by atoms with Crippen molar-refractivity contribution >= 4 is 17.4 Å². The summed E-state index contributed by atoms with van der Waals surface area (Å²) in [7, 11) is 1.50. The van der Waals surface area contributed by atoms with Crippen LogP contribution in [0.2, 0.25) is 0 Å². The van der Waals surface area contributed by atoms with E-state index >= 15 is 0 Å². The maximum absolute atomic E-state index is 13.5. The molecule has 5 rings (SSSR count). The monoisotopic (exact) mass is 673 g/mol. The van der Waals surface area contributed by atoms with Gasteiger partial charge in [-0.15, -0.1) is 0 Å². The van der Waals surface area contributed by atoms with Crippen LogP contribution in [0.4, 0.5) is 5.82 Å². The molecular weight excluding hydrogens is 618 g/mol. The zero-order valence-electron chi connectivity index (χ0n) is 29.3. The summed E-state index contributed by atoms with van der Waals surface area (Å²) in [6.45, 7) is 3.02. The first kappa shape index (κ1) is 36.8. The number of hydrogen-bond donors (Lipinski definition) is 5. The Labute approximate surface area is 291 Å². The number of ketones is 2. The topological polar surface area (TPSA) is 155 Å². The Bertz CT molecular complexity index is 1520. The number of piperidine rings is 1. The van der Waals surface area contributed by atoms with Crippen LogP contribution in [0.15, 0.2) is 24.4 Å². The number of rotatable bonds is 14. The van der Waals surface area contributed by atoms with Crippen LogP contribution in [0.1, 0.15) is 112 Å². The van der Waals surface area contributed by atoms with E-state index in [9.17, 15) is 24.9 Å². The highest BCUT2D eigenvalue weighted by Gasteiger charge is 2.34. The number of Topliss-reactive ketones (excluding diaryl/α,β-unsaturated/α-hetero) is 2. The van der Waals surface area contributed by atoms with Crippen LogP contribution in [0.25, 0.3) is 0 Å². The maximum atomic E-state index is 13.5. The zero-order chi connectivity index (χ0) is 34.9. The first-order valence-corrected chi connectivity index (χ1v) is 18.4. The van der Waals surface area contributed by atoms with Crippen molar-refractivity contribution in [1.29, 1.82) is 0 Å². The van der Waals surface area contributed by atoms with Crippen molar-refractivity contribution < 1.29 is 29.6 Å². The molecule has 3 aliphatic rings. The van der Waals surface area contributed by atoms with Crippen LogP contribution in [0, 0.1) is 29.6 Å². The lowest BCUT2D eigenvalue weighted by molar-refractivity contribution is -0.124. The summed E-state index contributed by atoms with van der Waals surface area (Å²) < 4.78 is 5.38. The minimum absolute atomic E-state index is 0.0128. The molecule has 49 heavy (non-hydrogen) atoms. The number of nitrogens with zero attached hydrogens (tertiary/aromatic N) is 1. The molecule has 0 spiro atoms. The standard InChI is InChI=1S/C40H55N3O6/c1-3-26-24-43-40(41)20-28(26)9-14-31(44)13-8-27-11-16-33(37(47)17-12-29-19-39(49-2)38(48)22-34(27)29)36(46)7-5-4-6-25-18-30-10-15-32(45)21-35(30)42-23-25/h19-20,22,24-25,27,30-31,33,35-36,42,44,46,48H,3-10,12-15,17-18,21,23H2,1-2H3,(H2,41,43). The lowest BCUT2D eigenvalue weighted by Gasteiger charge is -2.39. The fourth-order valence-electron chi connectivity index (χ4n) is 8.14. The Morgan fingerprint density at radius 2 is 1.88 bits per heavy atom. The molecule has 1 saturated heterocycles. The van der Waals surface area contributed by atoms with Crippen LogP contribution < -0.4 is 15.8 Å².